The Hall–Kier alpha value is -2.04. The topological polar surface area (TPSA) is 75.6 Å². The van der Waals surface area contributed by atoms with Crippen LogP contribution in [0, 0.1) is 5.92 Å². The predicted octanol–water partition coefficient (Wildman–Crippen LogP) is 1.85. The molecule has 1 aromatic rings. The van der Waals surface area contributed by atoms with Gasteiger partial charge in [-0.05, 0) is 30.5 Å². The molecule has 1 unspecified atom stereocenters. The Kier molecular flexibility index (Phi) is 6.56. The van der Waals surface area contributed by atoms with Crippen molar-refractivity contribution >= 4 is 11.9 Å². The van der Waals surface area contributed by atoms with Crippen LogP contribution in [-0.2, 0) is 16.0 Å². The molecule has 0 saturated heterocycles. The summed E-state index contributed by atoms with van der Waals surface area (Å²) in [6, 6.07) is 7.58. The minimum atomic E-state index is -0.836. The van der Waals surface area contributed by atoms with Gasteiger partial charge >= 0.3 is 5.97 Å². The van der Waals surface area contributed by atoms with E-state index in [-0.39, 0.29) is 5.91 Å². The van der Waals surface area contributed by atoms with E-state index in [0.717, 1.165) is 11.3 Å². The average molecular weight is 279 g/mol. The van der Waals surface area contributed by atoms with Gasteiger partial charge in [0.1, 0.15) is 5.75 Å². The first-order valence-corrected chi connectivity index (χ1v) is 6.65. The summed E-state index contributed by atoms with van der Waals surface area (Å²) in [5, 5.41) is 11.5. The number of ether oxygens (including phenoxy) is 1. The van der Waals surface area contributed by atoms with E-state index >= 15 is 0 Å². The van der Waals surface area contributed by atoms with Gasteiger partial charge in [-0.15, -0.1) is 0 Å². The number of carbonyl (C=O) groups excluding carboxylic acids is 1. The van der Waals surface area contributed by atoms with E-state index in [0.29, 0.717) is 25.8 Å². The number of carboxylic acids is 1. The van der Waals surface area contributed by atoms with E-state index in [9.17, 15) is 9.59 Å². The number of aliphatic carboxylic acids is 1. The Morgan fingerprint density at radius 3 is 2.50 bits per heavy atom. The monoisotopic (exact) mass is 279 g/mol. The standard InChI is InChI=1S/C15H21NO4/c1-11(15(18)19)9-10-16-14(17)8-5-12-3-6-13(20-2)7-4-12/h3-4,6-7,11H,5,8-10H2,1-2H3,(H,16,17)(H,18,19). The fraction of sp³-hybridized carbons (Fsp3) is 0.467. The van der Waals surface area contributed by atoms with Gasteiger partial charge < -0.3 is 15.2 Å². The minimum absolute atomic E-state index is 0.0570. The number of benzene rings is 1. The molecule has 1 aromatic carbocycles. The maximum absolute atomic E-state index is 11.6. The number of hydrogen-bond acceptors (Lipinski definition) is 3. The number of amides is 1. The largest absolute Gasteiger partial charge is 0.497 e. The van der Waals surface area contributed by atoms with Gasteiger partial charge in [0.15, 0.2) is 0 Å². The second-order valence-corrected chi connectivity index (χ2v) is 4.73. The third-order valence-corrected chi connectivity index (χ3v) is 3.12. The quantitative estimate of drug-likeness (QED) is 0.761. The predicted molar refractivity (Wildman–Crippen MR) is 75.7 cm³/mol. The number of methoxy groups -OCH3 is 1. The van der Waals surface area contributed by atoms with Crippen LogP contribution in [0.3, 0.4) is 0 Å². The summed E-state index contributed by atoms with van der Waals surface area (Å²) in [6.07, 6.45) is 1.50. The van der Waals surface area contributed by atoms with Gasteiger partial charge in [-0.3, -0.25) is 9.59 Å². The summed E-state index contributed by atoms with van der Waals surface area (Å²) in [7, 11) is 1.61. The number of carbonyl (C=O) groups is 2. The van der Waals surface area contributed by atoms with Crippen LogP contribution in [0.1, 0.15) is 25.3 Å². The highest BCUT2D eigenvalue weighted by atomic mass is 16.5. The van der Waals surface area contributed by atoms with Crippen molar-refractivity contribution in [3.8, 4) is 5.75 Å². The Labute approximate surface area is 118 Å². The summed E-state index contributed by atoms with van der Waals surface area (Å²) in [6.45, 7) is 2.03. The zero-order valence-electron chi connectivity index (χ0n) is 11.9. The van der Waals surface area contributed by atoms with E-state index in [1.165, 1.54) is 0 Å². The Morgan fingerprint density at radius 2 is 1.95 bits per heavy atom. The molecule has 0 heterocycles. The molecule has 0 aliphatic carbocycles. The summed E-state index contributed by atoms with van der Waals surface area (Å²) < 4.78 is 5.06. The van der Waals surface area contributed by atoms with Crippen molar-refractivity contribution in [3.63, 3.8) is 0 Å². The van der Waals surface area contributed by atoms with E-state index in [4.69, 9.17) is 9.84 Å². The summed E-state index contributed by atoms with van der Waals surface area (Å²) in [5.41, 5.74) is 1.07. The second kappa shape index (κ2) is 8.19. The maximum atomic E-state index is 11.6. The Bertz CT molecular complexity index is 442. The number of hydrogen-bond donors (Lipinski definition) is 2. The van der Waals surface area contributed by atoms with Crippen molar-refractivity contribution in [2.45, 2.75) is 26.2 Å². The highest BCUT2D eigenvalue weighted by molar-refractivity contribution is 5.76. The third kappa shape index (κ3) is 5.73. The number of nitrogens with one attached hydrogen (secondary N) is 1. The van der Waals surface area contributed by atoms with E-state index in [2.05, 4.69) is 5.32 Å². The summed E-state index contributed by atoms with van der Waals surface area (Å²) in [5.74, 6) is -0.534. The van der Waals surface area contributed by atoms with Gasteiger partial charge in [0, 0.05) is 13.0 Å². The van der Waals surface area contributed by atoms with Crippen LogP contribution in [0.2, 0.25) is 0 Å². The molecule has 0 radical (unpaired) electrons. The first kappa shape index (κ1) is 16.0. The van der Waals surface area contributed by atoms with Crippen molar-refractivity contribution in [1.82, 2.24) is 5.32 Å². The van der Waals surface area contributed by atoms with Gasteiger partial charge in [-0.25, -0.2) is 0 Å². The molecule has 0 saturated carbocycles. The molecule has 110 valence electrons. The lowest BCUT2D eigenvalue weighted by atomic mass is 10.1. The van der Waals surface area contributed by atoms with E-state index in [1.54, 1.807) is 14.0 Å². The molecule has 0 fully saturated rings. The molecule has 0 spiro atoms. The fourth-order valence-electron chi connectivity index (χ4n) is 1.69. The van der Waals surface area contributed by atoms with Gasteiger partial charge in [0.25, 0.3) is 0 Å². The summed E-state index contributed by atoms with van der Waals surface area (Å²) >= 11 is 0. The molecule has 5 nitrogen and oxygen atoms in total. The molecule has 5 heteroatoms. The van der Waals surface area contributed by atoms with Gasteiger partial charge in [-0.1, -0.05) is 19.1 Å². The van der Waals surface area contributed by atoms with Crippen molar-refractivity contribution in [2.75, 3.05) is 13.7 Å². The molecule has 0 bridgehead atoms. The van der Waals surface area contributed by atoms with Crippen LogP contribution < -0.4 is 10.1 Å². The van der Waals surface area contributed by atoms with Crippen LogP contribution >= 0.6 is 0 Å². The first-order chi connectivity index (χ1) is 9.52. The number of rotatable bonds is 8. The van der Waals surface area contributed by atoms with Gasteiger partial charge in [-0.2, -0.15) is 0 Å². The van der Waals surface area contributed by atoms with Crippen molar-refractivity contribution in [1.29, 1.82) is 0 Å². The van der Waals surface area contributed by atoms with Crippen LogP contribution in [0.15, 0.2) is 24.3 Å². The molecule has 2 N–H and O–H groups in total. The molecule has 20 heavy (non-hydrogen) atoms. The lowest BCUT2D eigenvalue weighted by molar-refractivity contribution is -0.141. The highest BCUT2D eigenvalue weighted by Crippen LogP contribution is 2.12. The highest BCUT2D eigenvalue weighted by Gasteiger charge is 2.10. The second-order valence-electron chi connectivity index (χ2n) is 4.73. The SMILES string of the molecule is COc1ccc(CCC(=O)NCCC(C)C(=O)O)cc1. The molecule has 1 amide bonds. The lowest BCUT2D eigenvalue weighted by Gasteiger charge is -2.08. The summed E-state index contributed by atoms with van der Waals surface area (Å²) in [4.78, 5) is 22.2. The van der Waals surface area contributed by atoms with Crippen LogP contribution in [-0.4, -0.2) is 30.6 Å². The normalized spacial score (nSPS) is 11.7. The minimum Gasteiger partial charge on any atom is -0.497 e. The molecule has 1 rings (SSSR count). The number of carboxylic acid groups (broad SMARTS) is 1. The average Bonchev–Trinajstić information content (AvgIpc) is 2.45. The molecule has 1 atom stereocenters. The smallest absolute Gasteiger partial charge is 0.306 e. The van der Waals surface area contributed by atoms with Gasteiger partial charge in [0.2, 0.25) is 5.91 Å². The molecule has 0 aromatic heterocycles. The van der Waals surface area contributed by atoms with Gasteiger partial charge in [0.05, 0.1) is 13.0 Å². The first-order valence-electron chi connectivity index (χ1n) is 6.65. The zero-order chi connectivity index (χ0) is 15.0. The number of aryl methyl sites for hydroxylation is 1. The van der Waals surface area contributed by atoms with Crippen molar-refractivity contribution in [2.24, 2.45) is 5.92 Å². The molecular weight excluding hydrogens is 258 g/mol. The van der Waals surface area contributed by atoms with Crippen LogP contribution in [0.4, 0.5) is 0 Å². The molecular formula is C15H21NO4. The van der Waals surface area contributed by atoms with Crippen molar-refractivity contribution in [3.05, 3.63) is 29.8 Å². The Balaban J connectivity index is 2.23. The molecule has 0 aliphatic rings. The fourth-order valence-corrected chi connectivity index (χ4v) is 1.69. The molecule has 0 aliphatic heterocycles. The Morgan fingerprint density at radius 1 is 1.30 bits per heavy atom. The maximum Gasteiger partial charge on any atom is 0.306 e. The van der Waals surface area contributed by atoms with Crippen LogP contribution in [0.25, 0.3) is 0 Å². The van der Waals surface area contributed by atoms with Crippen molar-refractivity contribution < 1.29 is 19.4 Å². The van der Waals surface area contributed by atoms with E-state index < -0.39 is 11.9 Å². The van der Waals surface area contributed by atoms with E-state index in [1.807, 2.05) is 24.3 Å². The van der Waals surface area contributed by atoms with Crippen LogP contribution in [0.5, 0.6) is 5.75 Å². The third-order valence-electron chi connectivity index (χ3n) is 3.12. The zero-order valence-corrected chi connectivity index (χ0v) is 11.9. The lowest BCUT2D eigenvalue weighted by Crippen LogP contribution is -2.27.